The molecule has 2 rings (SSSR count). The average molecular weight is 263 g/mol. The van der Waals surface area contributed by atoms with Gasteiger partial charge in [0.15, 0.2) is 0 Å². The summed E-state index contributed by atoms with van der Waals surface area (Å²) < 4.78 is 0. The quantitative estimate of drug-likeness (QED) is 0.761. The summed E-state index contributed by atoms with van der Waals surface area (Å²) in [7, 11) is 0. The first kappa shape index (κ1) is 13.3. The largest absolute Gasteiger partial charge is 0.480 e. The molecule has 0 aliphatic heterocycles. The minimum absolute atomic E-state index is 0.328. The van der Waals surface area contributed by atoms with E-state index in [4.69, 9.17) is 5.11 Å². The number of hydrogen-bond donors (Lipinski definition) is 3. The van der Waals surface area contributed by atoms with E-state index in [-0.39, 0.29) is 0 Å². The van der Waals surface area contributed by atoms with Crippen molar-refractivity contribution >= 4 is 12.0 Å². The molecule has 0 bridgehead atoms. The van der Waals surface area contributed by atoms with E-state index in [9.17, 15) is 9.59 Å². The van der Waals surface area contributed by atoms with Crippen LogP contribution in [-0.4, -0.2) is 27.6 Å². The Morgan fingerprint density at radius 3 is 2.63 bits per heavy atom. The number of carboxylic acid groups (broad SMARTS) is 1. The Labute approximate surface area is 111 Å². The first-order chi connectivity index (χ1) is 9.02. The number of nitrogens with zero attached hydrogens (tertiary/aromatic N) is 1. The van der Waals surface area contributed by atoms with Crippen molar-refractivity contribution in [2.24, 2.45) is 0 Å². The Bertz CT molecular complexity index is 480. The van der Waals surface area contributed by atoms with Crippen LogP contribution in [0.3, 0.4) is 0 Å². The molecule has 1 saturated carbocycles. The molecule has 2 amide bonds. The average Bonchev–Trinajstić information content (AvgIpc) is 2.32. The highest BCUT2D eigenvalue weighted by Gasteiger charge is 2.45. The highest BCUT2D eigenvalue weighted by molar-refractivity contribution is 5.87. The van der Waals surface area contributed by atoms with Gasteiger partial charge in [0.25, 0.3) is 0 Å². The fraction of sp³-hybridized carbons (Fsp3) is 0.462. The normalized spacial score (nSPS) is 16.3. The second-order valence-corrected chi connectivity index (χ2v) is 4.86. The van der Waals surface area contributed by atoms with Gasteiger partial charge in [-0.1, -0.05) is 6.07 Å². The third-order valence-electron chi connectivity index (χ3n) is 3.39. The summed E-state index contributed by atoms with van der Waals surface area (Å²) in [5.74, 6) is -0.967. The van der Waals surface area contributed by atoms with E-state index >= 15 is 0 Å². The van der Waals surface area contributed by atoms with Gasteiger partial charge >= 0.3 is 12.0 Å². The molecule has 6 heteroatoms. The lowest BCUT2D eigenvalue weighted by atomic mass is 9.77. The predicted octanol–water partition coefficient (Wildman–Crippen LogP) is 1.20. The van der Waals surface area contributed by atoms with E-state index < -0.39 is 17.5 Å². The number of urea groups is 1. The summed E-state index contributed by atoms with van der Waals surface area (Å²) in [6.45, 7) is 2.21. The molecule has 0 aromatic carbocycles. The van der Waals surface area contributed by atoms with Gasteiger partial charge in [0, 0.05) is 18.4 Å². The molecule has 19 heavy (non-hydrogen) atoms. The summed E-state index contributed by atoms with van der Waals surface area (Å²) >= 11 is 0. The summed E-state index contributed by atoms with van der Waals surface area (Å²) in [4.78, 5) is 26.9. The lowest BCUT2D eigenvalue weighted by Gasteiger charge is -2.38. The molecule has 1 heterocycles. The SMILES string of the molecule is Cc1ccc(CNC(=O)NC2(C(=O)O)CCC2)cn1. The molecule has 0 unspecified atom stereocenters. The molecule has 6 nitrogen and oxygen atoms in total. The molecule has 1 aliphatic carbocycles. The van der Waals surface area contributed by atoms with E-state index in [1.807, 2.05) is 19.1 Å². The molecule has 1 aliphatic rings. The second kappa shape index (κ2) is 5.26. The Kier molecular flexibility index (Phi) is 3.69. The maximum absolute atomic E-state index is 11.7. The minimum Gasteiger partial charge on any atom is -0.480 e. The monoisotopic (exact) mass is 263 g/mol. The maximum Gasteiger partial charge on any atom is 0.329 e. The van der Waals surface area contributed by atoms with E-state index in [1.54, 1.807) is 6.20 Å². The van der Waals surface area contributed by atoms with Crippen LogP contribution in [0.5, 0.6) is 0 Å². The van der Waals surface area contributed by atoms with Crippen LogP contribution in [-0.2, 0) is 11.3 Å². The molecular formula is C13H17N3O3. The van der Waals surface area contributed by atoms with Gasteiger partial charge in [-0.15, -0.1) is 0 Å². The number of aliphatic carboxylic acids is 1. The van der Waals surface area contributed by atoms with Crippen molar-refractivity contribution in [1.82, 2.24) is 15.6 Å². The lowest BCUT2D eigenvalue weighted by Crippen LogP contribution is -2.61. The van der Waals surface area contributed by atoms with Gasteiger partial charge in [0.2, 0.25) is 0 Å². The number of rotatable bonds is 4. The smallest absolute Gasteiger partial charge is 0.329 e. The van der Waals surface area contributed by atoms with E-state index in [0.29, 0.717) is 19.4 Å². The molecule has 0 radical (unpaired) electrons. The highest BCUT2D eigenvalue weighted by atomic mass is 16.4. The van der Waals surface area contributed by atoms with Crippen LogP contribution in [0.4, 0.5) is 4.79 Å². The first-order valence-corrected chi connectivity index (χ1v) is 6.23. The summed E-state index contributed by atoms with van der Waals surface area (Å²) in [6.07, 6.45) is 3.49. The first-order valence-electron chi connectivity index (χ1n) is 6.23. The van der Waals surface area contributed by atoms with Gasteiger partial charge in [-0.25, -0.2) is 9.59 Å². The van der Waals surface area contributed by atoms with E-state index in [2.05, 4.69) is 15.6 Å². The fourth-order valence-corrected chi connectivity index (χ4v) is 1.97. The van der Waals surface area contributed by atoms with Crippen LogP contribution < -0.4 is 10.6 Å². The molecule has 1 fully saturated rings. The second-order valence-electron chi connectivity index (χ2n) is 4.86. The molecule has 0 spiro atoms. The van der Waals surface area contributed by atoms with Crippen LogP contribution in [0.15, 0.2) is 18.3 Å². The Morgan fingerprint density at radius 2 is 2.16 bits per heavy atom. The zero-order chi connectivity index (χ0) is 13.9. The number of aromatic nitrogens is 1. The van der Waals surface area contributed by atoms with Gasteiger partial charge in [0.05, 0.1) is 0 Å². The number of carboxylic acids is 1. The van der Waals surface area contributed by atoms with Crippen LogP contribution in [0, 0.1) is 6.92 Å². The van der Waals surface area contributed by atoms with E-state index in [0.717, 1.165) is 17.7 Å². The number of carbonyl (C=O) groups excluding carboxylic acids is 1. The van der Waals surface area contributed by atoms with Crippen molar-refractivity contribution in [3.8, 4) is 0 Å². The molecule has 1 aromatic rings. The van der Waals surface area contributed by atoms with Gasteiger partial charge in [-0.3, -0.25) is 4.98 Å². The fourth-order valence-electron chi connectivity index (χ4n) is 1.97. The van der Waals surface area contributed by atoms with Gasteiger partial charge in [-0.05, 0) is 37.8 Å². The van der Waals surface area contributed by atoms with Crippen molar-refractivity contribution in [3.63, 3.8) is 0 Å². The van der Waals surface area contributed by atoms with Gasteiger partial charge in [-0.2, -0.15) is 0 Å². The summed E-state index contributed by atoms with van der Waals surface area (Å²) in [6, 6.07) is 3.28. The number of aryl methyl sites for hydroxylation is 1. The maximum atomic E-state index is 11.7. The zero-order valence-corrected chi connectivity index (χ0v) is 10.8. The lowest BCUT2D eigenvalue weighted by molar-refractivity contribution is -0.148. The van der Waals surface area contributed by atoms with Crippen LogP contribution in [0.1, 0.15) is 30.5 Å². The standard InChI is InChI=1S/C13H17N3O3/c1-9-3-4-10(7-14-9)8-15-12(19)16-13(11(17)18)5-2-6-13/h3-4,7H,2,5-6,8H2,1H3,(H,17,18)(H2,15,16,19). The van der Waals surface area contributed by atoms with Crippen LogP contribution in [0.25, 0.3) is 0 Å². The predicted molar refractivity (Wildman–Crippen MR) is 68.6 cm³/mol. The van der Waals surface area contributed by atoms with Gasteiger partial charge < -0.3 is 15.7 Å². The van der Waals surface area contributed by atoms with Crippen molar-refractivity contribution in [1.29, 1.82) is 0 Å². The van der Waals surface area contributed by atoms with Crippen LogP contribution >= 0.6 is 0 Å². The molecule has 102 valence electrons. The number of carbonyl (C=O) groups is 2. The molecule has 3 N–H and O–H groups in total. The number of nitrogens with one attached hydrogen (secondary N) is 2. The van der Waals surface area contributed by atoms with Gasteiger partial charge in [0.1, 0.15) is 5.54 Å². The number of amides is 2. The van der Waals surface area contributed by atoms with Crippen molar-refractivity contribution in [2.45, 2.75) is 38.3 Å². The molecule has 0 saturated heterocycles. The zero-order valence-electron chi connectivity index (χ0n) is 10.8. The van der Waals surface area contributed by atoms with Crippen molar-refractivity contribution in [3.05, 3.63) is 29.6 Å². The Hall–Kier alpha value is -2.11. The molecule has 0 atom stereocenters. The third-order valence-corrected chi connectivity index (χ3v) is 3.39. The highest BCUT2D eigenvalue weighted by Crippen LogP contribution is 2.31. The Morgan fingerprint density at radius 1 is 1.42 bits per heavy atom. The third kappa shape index (κ3) is 3.01. The number of pyridine rings is 1. The topological polar surface area (TPSA) is 91.3 Å². The van der Waals surface area contributed by atoms with Crippen molar-refractivity contribution < 1.29 is 14.7 Å². The van der Waals surface area contributed by atoms with E-state index in [1.165, 1.54) is 0 Å². The minimum atomic E-state index is -1.07. The molecule has 1 aromatic heterocycles. The van der Waals surface area contributed by atoms with Crippen LogP contribution in [0.2, 0.25) is 0 Å². The van der Waals surface area contributed by atoms with Crippen molar-refractivity contribution in [2.75, 3.05) is 0 Å². The Balaban J connectivity index is 1.85. The summed E-state index contributed by atoms with van der Waals surface area (Å²) in [5.41, 5.74) is 0.710. The molecular weight excluding hydrogens is 246 g/mol. The summed E-state index contributed by atoms with van der Waals surface area (Å²) in [5, 5.41) is 14.3. The number of hydrogen-bond acceptors (Lipinski definition) is 3.